The molecule has 0 spiro atoms. The van der Waals surface area contributed by atoms with Crippen molar-refractivity contribution >= 4 is 11.8 Å². The van der Waals surface area contributed by atoms with Crippen molar-refractivity contribution in [1.82, 2.24) is 24.7 Å². The number of ether oxygens (including phenoxy) is 1. The van der Waals surface area contributed by atoms with Gasteiger partial charge in [-0.3, -0.25) is 14.5 Å². The summed E-state index contributed by atoms with van der Waals surface area (Å²) in [5.74, 6) is 1.18. The number of nitrogens with zero attached hydrogens (tertiary/aromatic N) is 4. The number of carbonyl (C=O) groups excluding carboxylic acids is 2. The lowest BCUT2D eigenvalue weighted by atomic mass is 9.72. The SMILES string of the molecule is COCCC(=O)NC[C@H]1[C@H]2C[C@H](CN(Cc3cncn3C)C2)[C@@H]2CCCC(=O)N21. The fraction of sp³-hybridized carbons (Fsp3) is 0.762. The molecule has 4 rings (SSSR count). The summed E-state index contributed by atoms with van der Waals surface area (Å²) in [6.45, 7) is 3.84. The number of hydrogen-bond donors (Lipinski definition) is 1. The second-order valence-corrected chi connectivity index (χ2v) is 8.82. The van der Waals surface area contributed by atoms with E-state index < -0.39 is 0 Å². The normalized spacial score (nSPS) is 29.6. The molecule has 0 aliphatic carbocycles. The smallest absolute Gasteiger partial charge is 0.223 e. The van der Waals surface area contributed by atoms with Crippen LogP contribution in [0.3, 0.4) is 0 Å². The van der Waals surface area contributed by atoms with Crippen LogP contribution in [0.5, 0.6) is 0 Å². The fourth-order valence-corrected chi connectivity index (χ4v) is 5.53. The van der Waals surface area contributed by atoms with Gasteiger partial charge >= 0.3 is 0 Å². The maximum absolute atomic E-state index is 12.8. The summed E-state index contributed by atoms with van der Waals surface area (Å²) in [6.07, 6.45) is 8.00. The first-order valence-electron chi connectivity index (χ1n) is 10.8. The van der Waals surface area contributed by atoms with Crippen LogP contribution in [0.2, 0.25) is 0 Å². The fourth-order valence-electron chi connectivity index (χ4n) is 5.53. The molecule has 3 aliphatic rings. The van der Waals surface area contributed by atoms with E-state index >= 15 is 0 Å². The number of aryl methyl sites for hydroxylation is 1. The Morgan fingerprint density at radius 2 is 2.17 bits per heavy atom. The third-order valence-corrected chi connectivity index (χ3v) is 6.92. The molecule has 29 heavy (non-hydrogen) atoms. The Balaban J connectivity index is 1.48. The molecule has 4 heterocycles. The summed E-state index contributed by atoms with van der Waals surface area (Å²) in [5, 5.41) is 3.07. The van der Waals surface area contributed by atoms with E-state index in [0.717, 1.165) is 38.9 Å². The molecule has 2 bridgehead atoms. The van der Waals surface area contributed by atoms with Crippen molar-refractivity contribution in [2.24, 2.45) is 18.9 Å². The molecule has 4 atom stereocenters. The molecule has 160 valence electrons. The van der Waals surface area contributed by atoms with Gasteiger partial charge in [0.25, 0.3) is 0 Å². The maximum Gasteiger partial charge on any atom is 0.223 e. The number of carbonyl (C=O) groups is 2. The van der Waals surface area contributed by atoms with Gasteiger partial charge in [0.2, 0.25) is 11.8 Å². The number of rotatable bonds is 7. The number of aromatic nitrogens is 2. The molecule has 0 radical (unpaired) electrons. The quantitative estimate of drug-likeness (QED) is 0.728. The number of fused-ring (bicyclic) bond motifs is 4. The molecule has 0 unspecified atom stereocenters. The highest BCUT2D eigenvalue weighted by molar-refractivity contribution is 5.78. The van der Waals surface area contributed by atoms with Gasteiger partial charge in [-0.1, -0.05) is 0 Å². The van der Waals surface area contributed by atoms with Crippen molar-refractivity contribution in [2.45, 2.75) is 50.7 Å². The number of hydrogen-bond acceptors (Lipinski definition) is 5. The van der Waals surface area contributed by atoms with Crippen LogP contribution in [0.15, 0.2) is 12.5 Å². The topological polar surface area (TPSA) is 79.7 Å². The maximum atomic E-state index is 12.8. The average molecular weight is 404 g/mol. The number of methoxy groups -OCH3 is 1. The lowest BCUT2D eigenvalue weighted by Crippen LogP contribution is -2.67. The molecule has 1 aromatic rings. The largest absolute Gasteiger partial charge is 0.384 e. The van der Waals surface area contributed by atoms with Crippen LogP contribution < -0.4 is 5.32 Å². The van der Waals surface area contributed by atoms with Crippen LogP contribution in [-0.4, -0.2) is 76.6 Å². The van der Waals surface area contributed by atoms with E-state index in [1.54, 1.807) is 7.11 Å². The summed E-state index contributed by atoms with van der Waals surface area (Å²) in [5.41, 5.74) is 1.21. The number of amides is 2. The van der Waals surface area contributed by atoms with Gasteiger partial charge in [0, 0.05) is 65.4 Å². The summed E-state index contributed by atoms with van der Waals surface area (Å²) >= 11 is 0. The van der Waals surface area contributed by atoms with E-state index in [-0.39, 0.29) is 17.9 Å². The van der Waals surface area contributed by atoms with Crippen LogP contribution >= 0.6 is 0 Å². The summed E-state index contributed by atoms with van der Waals surface area (Å²) in [4.78, 5) is 33.9. The van der Waals surface area contributed by atoms with Crippen molar-refractivity contribution in [3.63, 3.8) is 0 Å². The molecule has 8 nitrogen and oxygen atoms in total. The molecule has 3 fully saturated rings. The first kappa shape index (κ1) is 20.3. The molecule has 8 heteroatoms. The van der Waals surface area contributed by atoms with Gasteiger partial charge in [0.1, 0.15) is 0 Å². The third kappa shape index (κ3) is 4.33. The molecule has 3 saturated heterocycles. The Morgan fingerprint density at radius 3 is 2.93 bits per heavy atom. The van der Waals surface area contributed by atoms with Crippen molar-refractivity contribution in [3.8, 4) is 0 Å². The highest BCUT2D eigenvalue weighted by Gasteiger charge is 2.49. The Hall–Kier alpha value is -1.93. The minimum Gasteiger partial charge on any atom is -0.384 e. The van der Waals surface area contributed by atoms with E-state index in [0.29, 0.717) is 43.9 Å². The van der Waals surface area contributed by atoms with E-state index in [4.69, 9.17) is 4.74 Å². The van der Waals surface area contributed by atoms with Gasteiger partial charge < -0.3 is 19.5 Å². The zero-order valence-corrected chi connectivity index (χ0v) is 17.5. The van der Waals surface area contributed by atoms with Crippen LogP contribution in [0.4, 0.5) is 0 Å². The van der Waals surface area contributed by atoms with Crippen molar-refractivity contribution in [3.05, 3.63) is 18.2 Å². The monoisotopic (exact) mass is 403 g/mol. The van der Waals surface area contributed by atoms with E-state index in [1.165, 1.54) is 5.69 Å². The van der Waals surface area contributed by atoms with Crippen molar-refractivity contribution in [1.29, 1.82) is 0 Å². The highest BCUT2D eigenvalue weighted by atomic mass is 16.5. The Bertz CT molecular complexity index is 736. The minimum atomic E-state index is -0.00229. The third-order valence-electron chi connectivity index (χ3n) is 6.92. The summed E-state index contributed by atoms with van der Waals surface area (Å²) in [7, 11) is 3.64. The highest BCUT2D eigenvalue weighted by Crippen LogP contribution is 2.41. The van der Waals surface area contributed by atoms with Crippen LogP contribution in [0, 0.1) is 11.8 Å². The Labute approximate surface area is 172 Å². The lowest BCUT2D eigenvalue weighted by molar-refractivity contribution is -0.153. The number of likely N-dealkylation sites (tertiary alicyclic amines) is 1. The molecule has 1 N–H and O–H groups in total. The standard InChI is InChI=1S/C21H33N5O3/c1-24-14-22-9-17(24)13-25-11-15-8-16(12-25)19(10-23-20(27)6-7-29-2)26-18(15)4-3-5-21(26)28/h9,14-16,18-19H,3-8,10-13H2,1-2H3,(H,23,27)/t15-,16+,18+,19+/m1/s1. The van der Waals surface area contributed by atoms with Gasteiger partial charge in [0.05, 0.1) is 24.7 Å². The molecule has 0 saturated carbocycles. The molecule has 3 aliphatic heterocycles. The summed E-state index contributed by atoms with van der Waals surface area (Å²) in [6, 6.07) is 0.396. The van der Waals surface area contributed by atoms with Crippen LogP contribution in [0.25, 0.3) is 0 Å². The number of nitrogens with one attached hydrogen (secondary N) is 1. The van der Waals surface area contributed by atoms with Gasteiger partial charge in [-0.05, 0) is 31.1 Å². The predicted octanol–water partition coefficient (Wildman–Crippen LogP) is 0.774. The van der Waals surface area contributed by atoms with Gasteiger partial charge in [-0.2, -0.15) is 0 Å². The van der Waals surface area contributed by atoms with Gasteiger partial charge in [0.15, 0.2) is 0 Å². The van der Waals surface area contributed by atoms with Gasteiger partial charge in [-0.25, -0.2) is 4.98 Å². The molecule has 0 aromatic carbocycles. The van der Waals surface area contributed by atoms with Crippen LogP contribution in [0.1, 0.15) is 37.8 Å². The van der Waals surface area contributed by atoms with Crippen LogP contribution in [-0.2, 0) is 27.9 Å². The van der Waals surface area contributed by atoms with Gasteiger partial charge in [-0.15, -0.1) is 0 Å². The number of piperidine rings is 3. The second kappa shape index (κ2) is 8.83. The summed E-state index contributed by atoms with van der Waals surface area (Å²) < 4.78 is 7.08. The lowest BCUT2D eigenvalue weighted by Gasteiger charge is -2.56. The van der Waals surface area contributed by atoms with E-state index in [9.17, 15) is 9.59 Å². The second-order valence-electron chi connectivity index (χ2n) is 8.82. The first-order chi connectivity index (χ1) is 14.1. The van der Waals surface area contributed by atoms with Crippen molar-refractivity contribution in [2.75, 3.05) is 33.4 Å². The molecular weight excluding hydrogens is 370 g/mol. The van der Waals surface area contributed by atoms with E-state index in [1.807, 2.05) is 19.6 Å². The zero-order valence-electron chi connectivity index (χ0n) is 17.5. The minimum absolute atomic E-state index is 0.00229. The van der Waals surface area contributed by atoms with E-state index in [2.05, 4.69) is 24.7 Å². The average Bonchev–Trinajstić information content (AvgIpc) is 3.11. The zero-order chi connectivity index (χ0) is 20.4. The Kier molecular flexibility index (Phi) is 6.20. The first-order valence-corrected chi connectivity index (χ1v) is 10.8. The molecule has 2 amide bonds. The number of imidazole rings is 1. The predicted molar refractivity (Wildman–Crippen MR) is 108 cm³/mol. The Morgan fingerprint density at radius 1 is 1.34 bits per heavy atom. The molecular formula is C21H33N5O3. The van der Waals surface area contributed by atoms with Crippen molar-refractivity contribution < 1.29 is 14.3 Å². The molecule has 1 aromatic heterocycles.